The van der Waals surface area contributed by atoms with Gasteiger partial charge >= 0.3 is 12.0 Å². The highest BCUT2D eigenvalue weighted by molar-refractivity contribution is 5.82. The van der Waals surface area contributed by atoms with Crippen LogP contribution in [-0.2, 0) is 4.79 Å². The summed E-state index contributed by atoms with van der Waals surface area (Å²) >= 11 is 0. The van der Waals surface area contributed by atoms with E-state index in [2.05, 4.69) is 10.2 Å². The largest absolute Gasteiger partial charge is 0.480 e. The summed E-state index contributed by atoms with van der Waals surface area (Å²) in [6, 6.07) is -0.517. The average molecular weight is 271 g/mol. The van der Waals surface area contributed by atoms with Crippen molar-refractivity contribution in [2.45, 2.75) is 44.7 Å². The fourth-order valence-corrected chi connectivity index (χ4v) is 2.37. The van der Waals surface area contributed by atoms with Crippen LogP contribution in [0, 0.1) is 0 Å². The minimum absolute atomic E-state index is 0.252. The van der Waals surface area contributed by atoms with Crippen LogP contribution in [0.5, 0.6) is 0 Å². The molecule has 0 aromatic heterocycles. The van der Waals surface area contributed by atoms with Crippen LogP contribution >= 0.6 is 0 Å². The van der Waals surface area contributed by atoms with Crippen molar-refractivity contribution < 1.29 is 14.7 Å². The van der Waals surface area contributed by atoms with Crippen molar-refractivity contribution in [1.29, 1.82) is 0 Å². The van der Waals surface area contributed by atoms with E-state index in [4.69, 9.17) is 5.11 Å². The van der Waals surface area contributed by atoms with E-state index in [1.54, 1.807) is 4.90 Å². The number of hydrogen-bond acceptors (Lipinski definition) is 3. The summed E-state index contributed by atoms with van der Waals surface area (Å²) in [4.78, 5) is 26.9. The van der Waals surface area contributed by atoms with Crippen molar-refractivity contribution in [3.8, 4) is 0 Å². The summed E-state index contributed by atoms with van der Waals surface area (Å²) in [6.45, 7) is 3.28. The Kier molecular flexibility index (Phi) is 6.08. The molecule has 1 fully saturated rings. The van der Waals surface area contributed by atoms with Crippen LogP contribution in [0.1, 0.15) is 32.6 Å². The van der Waals surface area contributed by atoms with Gasteiger partial charge in [0.2, 0.25) is 0 Å². The van der Waals surface area contributed by atoms with E-state index in [-0.39, 0.29) is 6.03 Å². The molecule has 2 N–H and O–H groups in total. The van der Waals surface area contributed by atoms with Crippen LogP contribution in [0.4, 0.5) is 4.79 Å². The number of carboxylic acids is 1. The van der Waals surface area contributed by atoms with Crippen LogP contribution in [0.3, 0.4) is 0 Å². The summed E-state index contributed by atoms with van der Waals surface area (Å²) in [5.41, 5.74) is 0. The van der Waals surface area contributed by atoms with Crippen molar-refractivity contribution in [2.24, 2.45) is 0 Å². The molecule has 6 heteroatoms. The molecule has 1 saturated heterocycles. The molecule has 0 radical (unpaired) electrons. The second kappa shape index (κ2) is 7.33. The monoisotopic (exact) mass is 271 g/mol. The molecule has 6 nitrogen and oxygen atoms in total. The van der Waals surface area contributed by atoms with Gasteiger partial charge in [-0.15, -0.1) is 0 Å². The summed E-state index contributed by atoms with van der Waals surface area (Å²) in [7, 11) is 4.09. The molecule has 0 spiro atoms. The number of nitrogens with zero attached hydrogens (tertiary/aromatic N) is 2. The van der Waals surface area contributed by atoms with Gasteiger partial charge in [0.25, 0.3) is 0 Å². The maximum absolute atomic E-state index is 12.0. The number of carbonyl (C=O) groups excluding carboxylic acids is 1. The van der Waals surface area contributed by atoms with Gasteiger partial charge in [0.1, 0.15) is 6.04 Å². The van der Waals surface area contributed by atoms with Gasteiger partial charge in [0.15, 0.2) is 0 Å². The summed E-state index contributed by atoms with van der Waals surface area (Å²) in [6.07, 6.45) is 3.08. The number of piperidine rings is 1. The quantitative estimate of drug-likeness (QED) is 0.781. The van der Waals surface area contributed by atoms with Crippen LogP contribution in [0.2, 0.25) is 0 Å². The number of carboxylic acid groups (broad SMARTS) is 1. The molecule has 1 heterocycles. The molecule has 0 aromatic carbocycles. The van der Waals surface area contributed by atoms with E-state index < -0.39 is 12.0 Å². The van der Waals surface area contributed by atoms with Crippen molar-refractivity contribution in [2.75, 3.05) is 27.2 Å². The van der Waals surface area contributed by atoms with Crippen molar-refractivity contribution in [3.63, 3.8) is 0 Å². The molecule has 0 bridgehead atoms. The Morgan fingerprint density at radius 2 is 1.95 bits per heavy atom. The highest BCUT2D eigenvalue weighted by atomic mass is 16.4. The molecular weight excluding hydrogens is 246 g/mol. The summed E-state index contributed by atoms with van der Waals surface area (Å²) < 4.78 is 0. The predicted octanol–water partition coefficient (Wildman–Crippen LogP) is 0.975. The van der Waals surface area contributed by atoms with Crippen LogP contribution in [0.15, 0.2) is 0 Å². The van der Waals surface area contributed by atoms with Gasteiger partial charge in [-0.2, -0.15) is 0 Å². The third-order valence-corrected chi connectivity index (χ3v) is 3.66. The first kappa shape index (κ1) is 15.8. The first-order valence-electron chi connectivity index (χ1n) is 6.90. The number of likely N-dealkylation sites (tertiary alicyclic amines) is 1. The van der Waals surface area contributed by atoms with Crippen molar-refractivity contribution >= 4 is 12.0 Å². The molecule has 2 amide bonds. The molecule has 1 aliphatic heterocycles. The highest BCUT2D eigenvalue weighted by Gasteiger charge is 2.26. The van der Waals surface area contributed by atoms with E-state index in [0.717, 1.165) is 19.3 Å². The van der Waals surface area contributed by atoms with Crippen molar-refractivity contribution in [1.82, 2.24) is 15.1 Å². The fraction of sp³-hybridized carbons (Fsp3) is 0.846. The van der Waals surface area contributed by atoms with E-state index in [1.165, 1.54) is 0 Å². The standard InChI is InChI=1S/C13H25N3O3/c1-4-5-11(12(17)18)14-13(19)16-8-6-10(7-9-16)15(2)3/h10-11H,4-9H2,1-3H3,(H,14,19)(H,17,18)/t11-/m0/s1. The smallest absolute Gasteiger partial charge is 0.326 e. The number of nitrogens with one attached hydrogen (secondary N) is 1. The third kappa shape index (κ3) is 4.70. The fourth-order valence-electron chi connectivity index (χ4n) is 2.37. The molecule has 0 unspecified atom stereocenters. The molecule has 0 aliphatic carbocycles. The predicted molar refractivity (Wildman–Crippen MR) is 73.1 cm³/mol. The van der Waals surface area contributed by atoms with Crippen LogP contribution < -0.4 is 5.32 Å². The molecule has 1 atom stereocenters. The third-order valence-electron chi connectivity index (χ3n) is 3.66. The molecule has 19 heavy (non-hydrogen) atoms. The molecule has 0 aromatic rings. The zero-order valence-electron chi connectivity index (χ0n) is 12.1. The lowest BCUT2D eigenvalue weighted by Crippen LogP contribution is -2.52. The Morgan fingerprint density at radius 1 is 1.37 bits per heavy atom. The maximum Gasteiger partial charge on any atom is 0.326 e. The van der Waals surface area contributed by atoms with Gasteiger partial charge in [0, 0.05) is 19.1 Å². The van der Waals surface area contributed by atoms with Gasteiger partial charge in [-0.1, -0.05) is 13.3 Å². The zero-order valence-corrected chi connectivity index (χ0v) is 12.1. The lowest BCUT2D eigenvalue weighted by molar-refractivity contribution is -0.139. The second-order valence-electron chi connectivity index (χ2n) is 5.31. The van der Waals surface area contributed by atoms with Gasteiger partial charge in [0.05, 0.1) is 0 Å². The summed E-state index contributed by atoms with van der Waals surface area (Å²) in [5, 5.41) is 11.6. The molecule has 0 saturated carbocycles. The second-order valence-corrected chi connectivity index (χ2v) is 5.31. The lowest BCUT2D eigenvalue weighted by Gasteiger charge is -2.35. The number of rotatable bonds is 5. The van der Waals surface area contributed by atoms with Gasteiger partial charge in [-0.05, 0) is 33.4 Å². The zero-order chi connectivity index (χ0) is 14.4. The number of urea groups is 1. The Bertz CT molecular complexity index is 312. The SMILES string of the molecule is CCC[C@H](NC(=O)N1CCC(N(C)C)CC1)C(=O)O. The molecular formula is C13H25N3O3. The molecule has 1 aliphatic rings. The highest BCUT2D eigenvalue weighted by Crippen LogP contribution is 2.14. The van der Waals surface area contributed by atoms with Gasteiger partial charge in [-0.3, -0.25) is 0 Å². The van der Waals surface area contributed by atoms with Crippen LogP contribution in [0.25, 0.3) is 0 Å². The average Bonchev–Trinajstić information content (AvgIpc) is 2.38. The lowest BCUT2D eigenvalue weighted by atomic mass is 10.0. The Labute approximate surface area is 114 Å². The van der Waals surface area contributed by atoms with Gasteiger partial charge in [-0.25, -0.2) is 9.59 Å². The summed E-state index contributed by atoms with van der Waals surface area (Å²) in [5.74, 6) is -0.960. The Morgan fingerprint density at radius 3 is 2.37 bits per heavy atom. The van der Waals surface area contributed by atoms with Crippen molar-refractivity contribution in [3.05, 3.63) is 0 Å². The van der Waals surface area contributed by atoms with E-state index in [9.17, 15) is 9.59 Å². The number of amides is 2. The number of hydrogen-bond donors (Lipinski definition) is 2. The first-order valence-corrected chi connectivity index (χ1v) is 6.90. The molecule has 1 rings (SSSR count). The minimum atomic E-state index is -0.960. The minimum Gasteiger partial charge on any atom is -0.480 e. The van der Waals surface area contributed by atoms with E-state index in [1.807, 2.05) is 21.0 Å². The van der Waals surface area contributed by atoms with Gasteiger partial charge < -0.3 is 20.2 Å². The van der Waals surface area contributed by atoms with E-state index >= 15 is 0 Å². The number of carbonyl (C=O) groups is 2. The van der Waals surface area contributed by atoms with Crippen LogP contribution in [-0.4, -0.2) is 66.2 Å². The Hall–Kier alpha value is -1.30. The number of aliphatic carboxylic acids is 1. The maximum atomic E-state index is 12.0. The normalized spacial score (nSPS) is 18.4. The topological polar surface area (TPSA) is 72.9 Å². The van der Waals surface area contributed by atoms with E-state index in [0.29, 0.717) is 25.6 Å². The molecule has 110 valence electrons. The Balaban J connectivity index is 2.44. The first-order chi connectivity index (χ1) is 8.95.